The third-order valence-corrected chi connectivity index (χ3v) is 1.16. The Labute approximate surface area is 65.0 Å². The molecular formula is C7H10N4. The zero-order chi connectivity index (χ0) is 8.10. The van der Waals surface area contributed by atoms with Gasteiger partial charge in [0.05, 0.1) is 11.8 Å². The van der Waals surface area contributed by atoms with Crippen molar-refractivity contribution < 1.29 is 0 Å². The highest BCUT2D eigenvalue weighted by Crippen LogP contribution is 2.02. The predicted molar refractivity (Wildman–Crippen MR) is 43.5 cm³/mol. The summed E-state index contributed by atoms with van der Waals surface area (Å²) in [6.45, 7) is 0.574. The van der Waals surface area contributed by atoms with E-state index in [0.717, 1.165) is 5.56 Å². The SMILES string of the molecule is NCCC#Cc1cn[nH]c1N. The molecule has 0 aliphatic carbocycles. The molecule has 0 unspecified atom stereocenters. The summed E-state index contributed by atoms with van der Waals surface area (Å²) in [5.41, 5.74) is 11.5. The van der Waals surface area contributed by atoms with E-state index in [1.54, 1.807) is 6.20 Å². The molecule has 0 atom stereocenters. The van der Waals surface area contributed by atoms with Gasteiger partial charge in [-0.3, -0.25) is 5.10 Å². The maximum Gasteiger partial charge on any atom is 0.134 e. The second-order valence-corrected chi connectivity index (χ2v) is 2.04. The van der Waals surface area contributed by atoms with E-state index < -0.39 is 0 Å². The van der Waals surface area contributed by atoms with E-state index in [1.807, 2.05) is 0 Å². The number of nitrogens with zero attached hydrogens (tertiary/aromatic N) is 1. The minimum atomic E-state index is 0.509. The van der Waals surface area contributed by atoms with E-state index in [1.165, 1.54) is 0 Å². The third-order valence-electron chi connectivity index (χ3n) is 1.16. The van der Waals surface area contributed by atoms with Gasteiger partial charge in [-0.1, -0.05) is 11.8 Å². The van der Waals surface area contributed by atoms with Gasteiger partial charge in [-0.2, -0.15) is 5.10 Å². The van der Waals surface area contributed by atoms with Crippen LogP contribution in [0.4, 0.5) is 5.82 Å². The van der Waals surface area contributed by atoms with Crippen LogP contribution < -0.4 is 11.5 Å². The molecule has 58 valence electrons. The molecule has 1 aromatic heterocycles. The minimum Gasteiger partial charge on any atom is -0.383 e. The maximum atomic E-state index is 5.47. The van der Waals surface area contributed by atoms with Gasteiger partial charge in [-0.15, -0.1) is 0 Å². The molecule has 5 N–H and O–H groups in total. The van der Waals surface area contributed by atoms with Gasteiger partial charge < -0.3 is 11.5 Å². The molecule has 0 saturated carbocycles. The number of H-pyrrole nitrogens is 1. The van der Waals surface area contributed by atoms with Crippen LogP contribution in [0.25, 0.3) is 0 Å². The average Bonchev–Trinajstić information content (AvgIpc) is 2.37. The highest BCUT2D eigenvalue weighted by molar-refractivity contribution is 5.48. The Morgan fingerprint density at radius 2 is 2.45 bits per heavy atom. The Kier molecular flexibility index (Phi) is 2.53. The fourth-order valence-electron chi connectivity index (χ4n) is 0.626. The van der Waals surface area contributed by atoms with Gasteiger partial charge in [0.2, 0.25) is 0 Å². The van der Waals surface area contributed by atoms with E-state index in [4.69, 9.17) is 11.5 Å². The van der Waals surface area contributed by atoms with Gasteiger partial charge in [0.25, 0.3) is 0 Å². The molecule has 0 amide bonds. The lowest BCUT2D eigenvalue weighted by atomic mass is 10.3. The van der Waals surface area contributed by atoms with Crippen molar-refractivity contribution in [3.8, 4) is 11.8 Å². The maximum absolute atomic E-state index is 5.47. The molecule has 0 aliphatic heterocycles. The number of nitrogens with two attached hydrogens (primary N) is 2. The first-order valence-corrected chi connectivity index (χ1v) is 3.32. The fraction of sp³-hybridized carbons (Fsp3) is 0.286. The molecule has 0 aromatic carbocycles. The number of nitrogens with one attached hydrogen (secondary N) is 1. The van der Waals surface area contributed by atoms with Crippen molar-refractivity contribution in [1.82, 2.24) is 10.2 Å². The van der Waals surface area contributed by atoms with Crippen LogP contribution in [0.1, 0.15) is 12.0 Å². The van der Waals surface area contributed by atoms with Crippen LogP contribution in [-0.2, 0) is 0 Å². The van der Waals surface area contributed by atoms with Crippen LogP contribution in [0, 0.1) is 11.8 Å². The largest absolute Gasteiger partial charge is 0.383 e. The molecule has 1 aromatic rings. The zero-order valence-corrected chi connectivity index (χ0v) is 6.09. The molecule has 4 heteroatoms. The van der Waals surface area contributed by atoms with Crippen LogP contribution in [0.15, 0.2) is 6.20 Å². The predicted octanol–water partition coefficient (Wildman–Crippen LogP) is -0.308. The molecule has 11 heavy (non-hydrogen) atoms. The molecule has 0 spiro atoms. The lowest BCUT2D eigenvalue weighted by Gasteiger charge is -1.83. The second-order valence-electron chi connectivity index (χ2n) is 2.04. The smallest absolute Gasteiger partial charge is 0.134 e. The first kappa shape index (κ1) is 7.63. The standard InChI is InChI=1S/C7H10N4/c8-4-2-1-3-6-5-10-11-7(6)9/h5H,2,4,8H2,(H3,9,10,11). The molecule has 4 nitrogen and oxygen atoms in total. The average molecular weight is 150 g/mol. The Hall–Kier alpha value is -1.47. The van der Waals surface area contributed by atoms with E-state index in [0.29, 0.717) is 18.8 Å². The fourth-order valence-corrected chi connectivity index (χ4v) is 0.626. The monoisotopic (exact) mass is 150 g/mol. The van der Waals surface area contributed by atoms with Crippen LogP contribution in [0.5, 0.6) is 0 Å². The topological polar surface area (TPSA) is 80.7 Å². The lowest BCUT2D eigenvalue weighted by Crippen LogP contribution is -1.95. The highest BCUT2D eigenvalue weighted by atomic mass is 15.1. The number of aromatic amines is 1. The normalized spacial score (nSPS) is 8.82. The van der Waals surface area contributed by atoms with Gasteiger partial charge in [0.15, 0.2) is 0 Å². The van der Waals surface area contributed by atoms with Crippen molar-refractivity contribution in [2.24, 2.45) is 5.73 Å². The Bertz CT molecular complexity index is 278. The van der Waals surface area contributed by atoms with Crippen molar-refractivity contribution in [1.29, 1.82) is 0 Å². The molecule has 1 heterocycles. The first-order valence-electron chi connectivity index (χ1n) is 3.32. The quantitative estimate of drug-likeness (QED) is 0.480. The summed E-state index contributed by atoms with van der Waals surface area (Å²) in [6.07, 6.45) is 2.28. The van der Waals surface area contributed by atoms with Crippen LogP contribution in [0.2, 0.25) is 0 Å². The second kappa shape index (κ2) is 3.64. The summed E-state index contributed by atoms with van der Waals surface area (Å²) in [6, 6.07) is 0. The van der Waals surface area contributed by atoms with Crippen LogP contribution in [0.3, 0.4) is 0 Å². The number of hydrogen-bond donors (Lipinski definition) is 3. The summed E-state index contributed by atoms with van der Waals surface area (Å²) in [5.74, 6) is 6.22. The summed E-state index contributed by atoms with van der Waals surface area (Å²) < 4.78 is 0. The highest BCUT2D eigenvalue weighted by Gasteiger charge is 1.93. The summed E-state index contributed by atoms with van der Waals surface area (Å²) in [4.78, 5) is 0. The molecule has 0 saturated heterocycles. The van der Waals surface area contributed by atoms with E-state index in [2.05, 4.69) is 22.0 Å². The van der Waals surface area contributed by atoms with Gasteiger partial charge in [0, 0.05) is 13.0 Å². The zero-order valence-electron chi connectivity index (χ0n) is 6.09. The molecule has 1 rings (SSSR count). The molecule has 0 aliphatic rings. The van der Waals surface area contributed by atoms with Crippen molar-refractivity contribution in [3.63, 3.8) is 0 Å². The van der Waals surface area contributed by atoms with E-state index >= 15 is 0 Å². The number of hydrogen-bond acceptors (Lipinski definition) is 3. The minimum absolute atomic E-state index is 0.509. The Morgan fingerprint density at radius 3 is 3.00 bits per heavy atom. The van der Waals surface area contributed by atoms with Crippen molar-refractivity contribution in [2.45, 2.75) is 6.42 Å². The van der Waals surface area contributed by atoms with Gasteiger partial charge in [0.1, 0.15) is 5.82 Å². The van der Waals surface area contributed by atoms with E-state index in [9.17, 15) is 0 Å². The lowest BCUT2D eigenvalue weighted by molar-refractivity contribution is 1.03. The number of anilines is 1. The first-order chi connectivity index (χ1) is 5.34. The van der Waals surface area contributed by atoms with Gasteiger partial charge >= 0.3 is 0 Å². The third kappa shape index (κ3) is 1.99. The van der Waals surface area contributed by atoms with Crippen LogP contribution >= 0.6 is 0 Å². The van der Waals surface area contributed by atoms with Crippen molar-refractivity contribution in [3.05, 3.63) is 11.8 Å². The molecule has 0 radical (unpaired) electrons. The Balaban J connectivity index is 2.65. The van der Waals surface area contributed by atoms with Crippen molar-refractivity contribution >= 4 is 5.82 Å². The summed E-state index contributed by atoms with van der Waals surface area (Å²) in [7, 11) is 0. The molecular weight excluding hydrogens is 140 g/mol. The van der Waals surface area contributed by atoms with Gasteiger partial charge in [-0.05, 0) is 0 Å². The molecule has 0 bridgehead atoms. The number of nitrogen functional groups attached to an aromatic ring is 1. The number of aromatic nitrogens is 2. The number of rotatable bonds is 1. The van der Waals surface area contributed by atoms with Crippen LogP contribution in [-0.4, -0.2) is 16.7 Å². The van der Waals surface area contributed by atoms with E-state index in [-0.39, 0.29) is 0 Å². The van der Waals surface area contributed by atoms with Crippen molar-refractivity contribution in [2.75, 3.05) is 12.3 Å². The summed E-state index contributed by atoms with van der Waals surface area (Å²) >= 11 is 0. The summed E-state index contributed by atoms with van der Waals surface area (Å²) in [5, 5.41) is 6.31. The van der Waals surface area contributed by atoms with Gasteiger partial charge in [-0.25, -0.2) is 0 Å². The molecule has 0 fully saturated rings. The Morgan fingerprint density at radius 1 is 1.64 bits per heavy atom.